The topological polar surface area (TPSA) is 76.0 Å². The van der Waals surface area contributed by atoms with Crippen molar-refractivity contribution in [2.24, 2.45) is 0 Å². The highest BCUT2D eigenvalue weighted by molar-refractivity contribution is 5.88. The van der Waals surface area contributed by atoms with Gasteiger partial charge in [0.05, 0.1) is 13.2 Å². The third kappa shape index (κ3) is 1.59. The molecule has 0 saturated carbocycles. The Labute approximate surface area is 88.0 Å². The number of carbonyl (C=O) groups excluding carboxylic acids is 1. The van der Waals surface area contributed by atoms with E-state index in [1.807, 2.05) is 6.92 Å². The van der Waals surface area contributed by atoms with Crippen LogP contribution in [0.4, 0.5) is 0 Å². The molecular weight excluding hydrogens is 200 g/mol. The van der Waals surface area contributed by atoms with Gasteiger partial charge in [0.1, 0.15) is 18.3 Å². The smallest absolute Gasteiger partial charge is 0.174 e. The normalized spacial score (nSPS) is 44.3. The number of ether oxygens (including phenoxy) is 2. The molecule has 15 heavy (non-hydrogen) atoms. The summed E-state index contributed by atoms with van der Waals surface area (Å²) in [6.45, 7) is 1.92. The lowest BCUT2D eigenvalue weighted by Gasteiger charge is -2.24. The van der Waals surface area contributed by atoms with Crippen LogP contribution in [0.25, 0.3) is 0 Å². The number of ketones is 1. The van der Waals surface area contributed by atoms with Crippen molar-refractivity contribution in [2.75, 3.05) is 13.2 Å². The third-order valence-electron chi connectivity index (χ3n) is 3.05. The lowest BCUT2D eigenvalue weighted by molar-refractivity contribution is -0.147. The van der Waals surface area contributed by atoms with E-state index in [0.29, 0.717) is 12.8 Å². The number of carbonyl (C=O) groups is 1. The number of hydrogen-bond acceptors (Lipinski definition) is 5. The highest BCUT2D eigenvalue weighted by Gasteiger charge is 2.58. The van der Waals surface area contributed by atoms with Crippen molar-refractivity contribution in [3.63, 3.8) is 0 Å². The molecule has 0 radical (unpaired) electrons. The fourth-order valence-corrected chi connectivity index (χ4v) is 2.19. The van der Waals surface area contributed by atoms with E-state index in [-0.39, 0.29) is 19.0 Å². The zero-order valence-electron chi connectivity index (χ0n) is 8.68. The summed E-state index contributed by atoms with van der Waals surface area (Å²) < 4.78 is 10.5. The molecule has 0 aromatic carbocycles. The Bertz CT molecular complexity index is 267. The first-order chi connectivity index (χ1) is 7.09. The molecule has 0 aromatic heterocycles. The molecule has 0 bridgehead atoms. The number of Topliss-reactive ketones (excluding diaryl/α,β-unsaturated/α-hetero) is 1. The number of aliphatic hydroxyl groups is 2. The maximum absolute atomic E-state index is 11.7. The lowest BCUT2D eigenvalue weighted by Crippen LogP contribution is -2.50. The fourth-order valence-electron chi connectivity index (χ4n) is 2.19. The Kier molecular flexibility index (Phi) is 2.81. The highest BCUT2D eigenvalue weighted by Crippen LogP contribution is 2.35. The Hall–Kier alpha value is -0.490. The van der Waals surface area contributed by atoms with E-state index >= 15 is 0 Å². The van der Waals surface area contributed by atoms with Gasteiger partial charge < -0.3 is 19.7 Å². The first-order valence-electron chi connectivity index (χ1n) is 5.26. The molecule has 5 heteroatoms. The van der Waals surface area contributed by atoms with Crippen LogP contribution in [0, 0.1) is 0 Å². The Balaban J connectivity index is 2.13. The second kappa shape index (κ2) is 3.83. The van der Waals surface area contributed by atoms with Crippen LogP contribution in [-0.4, -0.2) is 53.1 Å². The molecule has 0 spiro atoms. The van der Waals surface area contributed by atoms with Crippen LogP contribution in [0.3, 0.4) is 0 Å². The van der Waals surface area contributed by atoms with Crippen molar-refractivity contribution in [3.05, 3.63) is 0 Å². The van der Waals surface area contributed by atoms with E-state index in [2.05, 4.69) is 0 Å². The van der Waals surface area contributed by atoms with Crippen LogP contribution in [0.1, 0.15) is 19.8 Å². The molecule has 4 atom stereocenters. The molecule has 2 saturated heterocycles. The summed E-state index contributed by atoms with van der Waals surface area (Å²) in [6, 6.07) is 0. The predicted molar refractivity (Wildman–Crippen MR) is 50.4 cm³/mol. The van der Waals surface area contributed by atoms with Gasteiger partial charge in [0, 0.05) is 6.42 Å². The summed E-state index contributed by atoms with van der Waals surface area (Å²) in [5.41, 5.74) is -1.56. The van der Waals surface area contributed by atoms with Crippen molar-refractivity contribution in [1.82, 2.24) is 0 Å². The van der Waals surface area contributed by atoms with Crippen molar-refractivity contribution >= 4 is 5.78 Å². The van der Waals surface area contributed by atoms with Gasteiger partial charge in [0.15, 0.2) is 11.4 Å². The van der Waals surface area contributed by atoms with E-state index in [1.54, 1.807) is 0 Å². The van der Waals surface area contributed by atoms with Gasteiger partial charge in [-0.25, -0.2) is 0 Å². The van der Waals surface area contributed by atoms with Crippen molar-refractivity contribution in [3.8, 4) is 0 Å². The number of fused-ring (bicyclic) bond motifs is 1. The first-order valence-corrected chi connectivity index (χ1v) is 5.26. The molecular formula is C10H16O5. The van der Waals surface area contributed by atoms with Crippen LogP contribution in [0.5, 0.6) is 0 Å². The molecule has 5 nitrogen and oxygen atoms in total. The number of aliphatic hydroxyl groups excluding tert-OH is 1. The van der Waals surface area contributed by atoms with Gasteiger partial charge in [0.2, 0.25) is 0 Å². The molecule has 2 N–H and O–H groups in total. The first kappa shape index (κ1) is 11.0. The average Bonchev–Trinajstić information content (AvgIpc) is 2.72. The van der Waals surface area contributed by atoms with Crippen LogP contribution < -0.4 is 0 Å². The summed E-state index contributed by atoms with van der Waals surface area (Å²) >= 11 is 0. The molecule has 0 aliphatic carbocycles. The van der Waals surface area contributed by atoms with Gasteiger partial charge in [-0.1, -0.05) is 6.92 Å². The molecule has 86 valence electrons. The number of rotatable bonds is 3. The molecule has 2 aliphatic heterocycles. The van der Waals surface area contributed by atoms with E-state index in [4.69, 9.17) is 9.47 Å². The summed E-state index contributed by atoms with van der Waals surface area (Å²) in [5.74, 6) is -0.258. The maximum Gasteiger partial charge on any atom is 0.174 e. The van der Waals surface area contributed by atoms with Crippen LogP contribution in [-0.2, 0) is 14.3 Å². The monoisotopic (exact) mass is 216 g/mol. The lowest BCUT2D eigenvalue weighted by atomic mass is 9.89. The van der Waals surface area contributed by atoms with Gasteiger partial charge in [-0.2, -0.15) is 0 Å². The molecule has 2 heterocycles. The highest BCUT2D eigenvalue weighted by atomic mass is 16.6. The van der Waals surface area contributed by atoms with Crippen molar-refractivity contribution in [2.45, 2.75) is 43.7 Å². The minimum atomic E-state index is -1.56. The predicted octanol–water partition coefficient (Wildman–Crippen LogP) is -0.755. The van der Waals surface area contributed by atoms with Gasteiger partial charge in [0.25, 0.3) is 0 Å². The maximum atomic E-state index is 11.7. The van der Waals surface area contributed by atoms with E-state index in [1.165, 1.54) is 0 Å². The van der Waals surface area contributed by atoms with E-state index in [9.17, 15) is 15.0 Å². The fraction of sp³-hybridized carbons (Fsp3) is 0.900. The summed E-state index contributed by atoms with van der Waals surface area (Å²) in [4.78, 5) is 11.7. The van der Waals surface area contributed by atoms with Crippen LogP contribution >= 0.6 is 0 Å². The number of hydrogen-bond donors (Lipinski definition) is 2. The second-order valence-electron chi connectivity index (χ2n) is 4.19. The van der Waals surface area contributed by atoms with E-state index < -0.39 is 23.9 Å². The minimum absolute atomic E-state index is 0.0712. The molecule has 2 fully saturated rings. The van der Waals surface area contributed by atoms with Crippen molar-refractivity contribution in [1.29, 1.82) is 0 Å². The summed E-state index contributed by atoms with van der Waals surface area (Å²) in [7, 11) is 0. The van der Waals surface area contributed by atoms with Gasteiger partial charge in [-0.15, -0.1) is 0 Å². The van der Waals surface area contributed by atoms with Gasteiger partial charge >= 0.3 is 0 Å². The SMILES string of the molecule is CCCC(=O)[C@]1(O)CO[C@@H]2[C@H](O)CO[C@@H]21. The Morgan fingerprint density at radius 3 is 2.93 bits per heavy atom. The molecule has 0 aromatic rings. The largest absolute Gasteiger partial charge is 0.388 e. The molecule has 2 rings (SSSR count). The average molecular weight is 216 g/mol. The zero-order chi connectivity index (χ0) is 11.1. The van der Waals surface area contributed by atoms with Crippen molar-refractivity contribution < 1.29 is 24.5 Å². The summed E-state index contributed by atoms with van der Waals surface area (Å²) in [6.07, 6.45) is -1.01. The quantitative estimate of drug-likeness (QED) is 0.649. The summed E-state index contributed by atoms with van der Waals surface area (Å²) in [5, 5.41) is 19.6. The van der Waals surface area contributed by atoms with E-state index in [0.717, 1.165) is 0 Å². The Morgan fingerprint density at radius 1 is 1.53 bits per heavy atom. The molecule has 2 aliphatic rings. The van der Waals surface area contributed by atoms with Gasteiger partial charge in [-0.3, -0.25) is 4.79 Å². The van der Waals surface area contributed by atoms with Crippen LogP contribution in [0.2, 0.25) is 0 Å². The minimum Gasteiger partial charge on any atom is -0.388 e. The third-order valence-corrected chi connectivity index (χ3v) is 3.05. The standard InChI is InChI=1S/C10H16O5/c1-2-3-7(12)10(13)5-15-8-6(11)4-14-9(8)10/h6,8-9,11,13H,2-5H2,1H3/t6-,8-,9+,10-/m1/s1. The molecule has 0 amide bonds. The second-order valence-corrected chi connectivity index (χ2v) is 4.19. The zero-order valence-corrected chi connectivity index (χ0v) is 8.68. The Morgan fingerprint density at radius 2 is 2.27 bits per heavy atom. The van der Waals surface area contributed by atoms with Crippen LogP contribution in [0.15, 0.2) is 0 Å². The van der Waals surface area contributed by atoms with Gasteiger partial charge in [-0.05, 0) is 6.42 Å². The molecule has 0 unspecified atom stereocenters.